The number of rotatable bonds is 8. The third kappa shape index (κ3) is 4.50. The highest BCUT2D eigenvalue weighted by molar-refractivity contribution is 5.93. The van der Waals surface area contributed by atoms with Crippen LogP contribution >= 0.6 is 0 Å². The van der Waals surface area contributed by atoms with Crippen LogP contribution in [-0.2, 0) is 27.2 Å². The third-order valence-electron chi connectivity index (χ3n) is 5.87. The molecule has 2 amide bonds. The Labute approximate surface area is 184 Å². The molecule has 0 saturated carbocycles. The standard InChI is InChI=1S/C22H26N6O4/c23-16(9-14-11-24-12-26-14)20(29)27-18(21(30)28-7-3-6-19(28)22(31)32)8-13-10-25-17-5-2-1-4-15(13)17/h1-2,4-5,10-12,16,18-19,25H,3,6-9,23H2,(H,24,26)(H,27,29)(H,31,32). The van der Waals surface area contributed by atoms with E-state index in [0.717, 1.165) is 16.5 Å². The van der Waals surface area contributed by atoms with Gasteiger partial charge in [-0.25, -0.2) is 9.78 Å². The molecule has 1 aliphatic heterocycles. The highest BCUT2D eigenvalue weighted by atomic mass is 16.4. The molecule has 0 spiro atoms. The summed E-state index contributed by atoms with van der Waals surface area (Å²) in [6.07, 6.45) is 6.35. The number of benzene rings is 1. The summed E-state index contributed by atoms with van der Waals surface area (Å²) in [6, 6.07) is 4.96. The van der Waals surface area contributed by atoms with Crippen molar-refractivity contribution in [3.05, 3.63) is 54.2 Å². The Kier molecular flexibility index (Phi) is 6.22. The van der Waals surface area contributed by atoms with Crippen LogP contribution in [0.2, 0.25) is 0 Å². The summed E-state index contributed by atoms with van der Waals surface area (Å²) < 4.78 is 0. The van der Waals surface area contributed by atoms with Crippen molar-refractivity contribution in [2.45, 2.75) is 43.8 Å². The molecule has 168 valence electrons. The summed E-state index contributed by atoms with van der Waals surface area (Å²) in [5.74, 6) is -1.94. The van der Waals surface area contributed by atoms with Gasteiger partial charge in [0.15, 0.2) is 0 Å². The fourth-order valence-corrected chi connectivity index (χ4v) is 4.21. The van der Waals surface area contributed by atoms with E-state index in [9.17, 15) is 19.5 Å². The molecule has 3 atom stereocenters. The van der Waals surface area contributed by atoms with Gasteiger partial charge >= 0.3 is 5.97 Å². The number of carboxylic acid groups (broad SMARTS) is 1. The first kappa shape index (κ1) is 21.6. The van der Waals surface area contributed by atoms with E-state index < -0.39 is 35.9 Å². The van der Waals surface area contributed by atoms with Gasteiger partial charge in [0, 0.05) is 48.4 Å². The molecular weight excluding hydrogens is 412 g/mol. The van der Waals surface area contributed by atoms with Crippen LogP contribution in [0, 0.1) is 0 Å². The fourth-order valence-electron chi connectivity index (χ4n) is 4.21. The first-order valence-corrected chi connectivity index (χ1v) is 10.6. The number of hydrogen-bond acceptors (Lipinski definition) is 5. The molecule has 1 fully saturated rings. The van der Waals surface area contributed by atoms with Crippen LogP contribution < -0.4 is 11.1 Å². The van der Waals surface area contributed by atoms with Gasteiger partial charge in [-0.2, -0.15) is 0 Å². The summed E-state index contributed by atoms with van der Waals surface area (Å²) in [6.45, 7) is 0.344. The number of H-pyrrole nitrogens is 2. The van der Waals surface area contributed by atoms with E-state index in [2.05, 4.69) is 20.3 Å². The predicted octanol–water partition coefficient (Wildman–Crippen LogP) is 0.564. The van der Waals surface area contributed by atoms with Crippen molar-refractivity contribution >= 4 is 28.7 Å². The average Bonchev–Trinajstić information content (AvgIpc) is 3.54. The molecule has 1 aliphatic rings. The van der Waals surface area contributed by atoms with Gasteiger partial charge in [-0.1, -0.05) is 18.2 Å². The molecule has 32 heavy (non-hydrogen) atoms. The zero-order valence-corrected chi connectivity index (χ0v) is 17.5. The van der Waals surface area contributed by atoms with Crippen LogP contribution in [0.25, 0.3) is 10.9 Å². The number of nitrogens with two attached hydrogens (primary N) is 1. The molecule has 4 rings (SSSR count). The number of likely N-dealkylation sites (tertiary alicyclic amines) is 1. The van der Waals surface area contributed by atoms with Crippen molar-refractivity contribution in [1.82, 2.24) is 25.2 Å². The number of aromatic amines is 2. The summed E-state index contributed by atoms with van der Waals surface area (Å²) in [4.78, 5) is 49.2. The molecule has 2 aromatic heterocycles. The van der Waals surface area contributed by atoms with E-state index in [0.29, 0.717) is 25.1 Å². The van der Waals surface area contributed by atoms with E-state index in [1.165, 1.54) is 11.2 Å². The van der Waals surface area contributed by atoms with Gasteiger partial charge in [0.05, 0.1) is 12.4 Å². The Bertz CT molecular complexity index is 1110. The van der Waals surface area contributed by atoms with Gasteiger partial charge in [0.1, 0.15) is 12.1 Å². The molecule has 1 aromatic carbocycles. The Hall–Kier alpha value is -3.66. The summed E-state index contributed by atoms with van der Waals surface area (Å²) in [5, 5.41) is 13.2. The Morgan fingerprint density at radius 2 is 2.06 bits per heavy atom. The lowest BCUT2D eigenvalue weighted by atomic mass is 10.0. The van der Waals surface area contributed by atoms with Crippen LogP contribution in [0.5, 0.6) is 0 Å². The van der Waals surface area contributed by atoms with Gasteiger partial charge in [0.2, 0.25) is 11.8 Å². The molecule has 0 bridgehead atoms. The number of para-hydroxylation sites is 1. The molecule has 10 nitrogen and oxygen atoms in total. The molecule has 0 aliphatic carbocycles. The third-order valence-corrected chi connectivity index (χ3v) is 5.87. The monoisotopic (exact) mass is 438 g/mol. The molecule has 3 aromatic rings. The van der Waals surface area contributed by atoms with E-state index in [-0.39, 0.29) is 12.8 Å². The Balaban J connectivity index is 1.56. The largest absolute Gasteiger partial charge is 0.480 e. The summed E-state index contributed by atoms with van der Waals surface area (Å²) in [7, 11) is 0. The Morgan fingerprint density at radius 1 is 1.25 bits per heavy atom. The van der Waals surface area contributed by atoms with Crippen LogP contribution in [0.15, 0.2) is 43.0 Å². The second-order valence-electron chi connectivity index (χ2n) is 8.04. The lowest BCUT2D eigenvalue weighted by Gasteiger charge is -2.28. The smallest absolute Gasteiger partial charge is 0.326 e. The second kappa shape index (κ2) is 9.23. The van der Waals surface area contributed by atoms with Crippen LogP contribution in [0.3, 0.4) is 0 Å². The second-order valence-corrected chi connectivity index (χ2v) is 8.04. The fraction of sp³-hybridized carbons (Fsp3) is 0.364. The van der Waals surface area contributed by atoms with Gasteiger partial charge in [-0.3, -0.25) is 9.59 Å². The first-order valence-electron chi connectivity index (χ1n) is 10.6. The summed E-state index contributed by atoms with van der Waals surface area (Å²) in [5.41, 5.74) is 8.54. The van der Waals surface area contributed by atoms with Gasteiger partial charge < -0.3 is 31.0 Å². The van der Waals surface area contributed by atoms with Crippen molar-refractivity contribution in [1.29, 1.82) is 0 Å². The summed E-state index contributed by atoms with van der Waals surface area (Å²) >= 11 is 0. The molecular formula is C22H26N6O4. The molecule has 3 heterocycles. The highest BCUT2D eigenvalue weighted by Crippen LogP contribution is 2.23. The maximum atomic E-state index is 13.4. The normalized spacial score (nSPS) is 17.9. The van der Waals surface area contributed by atoms with E-state index >= 15 is 0 Å². The van der Waals surface area contributed by atoms with Crippen LogP contribution in [0.1, 0.15) is 24.1 Å². The lowest BCUT2D eigenvalue weighted by Crippen LogP contribution is -2.55. The van der Waals surface area contributed by atoms with E-state index in [1.807, 2.05) is 24.3 Å². The number of fused-ring (bicyclic) bond motifs is 1. The number of nitrogens with zero attached hydrogens (tertiary/aromatic N) is 2. The number of carbonyl (C=O) groups excluding carboxylic acids is 2. The number of amides is 2. The number of nitrogens with one attached hydrogen (secondary N) is 3. The number of carboxylic acids is 1. The zero-order valence-electron chi connectivity index (χ0n) is 17.5. The molecule has 0 radical (unpaired) electrons. The van der Waals surface area contributed by atoms with Crippen LogP contribution in [0.4, 0.5) is 0 Å². The molecule has 1 saturated heterocycles. The van der Waals surface area contributed by atoms with Crippen molar-refractivity contribution in [2.75, 3.05) is 6.54 Å². The highest BCUT2D eigenvalue weighted by Gasteiger charge is 2.38. The maximum absolute atomic E-state index is 13.4. The number of imidazole rings is 1. The Morgan fingerprint density at radius 3 is 2.81 bits per heavy atom. The SMILES string of the molecule is NC(Cc1cnc[nH]1)C(=O)NC(Cc1c[nH]c2ccccc12)C(=O)N1CCCC1C(=O)O. The number of aromatic nitrogens is 3. The van der Waals surface area contributed by atoms with Gasteiger partial charge in [-0.05, 0) is 24.5 Å². The lowest BCUT2D eigenvalue weighted by molar-refractivity contribution is -0.149. The van der Waals surface area contributed by atoms with Crippen molar-refractivity contribution in [3.63, 3.8) is 0 Å². The predicted molar refractivity (Wildman–Crippen MR) is 117 cm³/mol. The number of hydrogen-bond donors (Lipinski definition) is 5. The minimum Gasteiger partial charge on any atom is -0.480 e. The van der Waals surface area contributed by atoms with Crippen molar-refractivity contribution in [2.24, 2.45) is 5.73 Å². The number of aliphatic carboxylic acids is 1. The molecule has 3 unspecified atom stereocenters. The minimum atomic E-state index is -1.04. The minimum absolute atomic E-state index is 0.216. The van der Waals surface area contributed by atoms with Crippen LogP contribution in [-0.4, -0.2) is 67.4 Å². The van der Waals surface area contributed by atoms with Gasteiger partial charge in [0.25, 0.3) is 0 Å². The number of carbonyl (C=O) groups is 3. The quantitative estimate of drug-likeness (QED) is 0.346. The maximum Gasteiger partial charge on any atom is 0.326 e. The average molecular weight is 438 g/mol. The zero-order chi connectivity index (χ0) is 22.7. The molecule has 10 heteroatoms. The van der Waals surface area contributed by atoms with Crippen molar-refractivity contribution in [3.8, 4) is 0 Å². The molecule has 6 N–H and O–H groups in total. The van der Waals surface area contributed by atoms with E-state index in [4.69, 9.17) is 5.73 Å². The van der Waals surface area contributed by atoms with Crippen molar-refractivity contribution < 1.29 is 19.5 Å². The van der Waals surface area contributed by atoms with E-state index in [1.54, 1.807) is 12.4 Å². The first-order chi connectivity index (χ1) is 15.4. The van der Waals surface area contributed by atoms with Gasteiger partial charge in [-0.15, -0.1) is 0 Å². The topological polar surface area (TPSA) is 157 Å².